The fraction of sp³-hybridized carbons (Fsp3) is 0.500. The highest BCUT2D eigenvalue weighted by molar-refractivity contribution is 5.90. The number of rotatable bonds is 4. The van der Waals surface area contributed by atoms with Crippen LogP contribution < -0.4 is 10.6 Å². The van der Waals surface area contributed by atoms with Crippen molar-refractivity contribution in [2.24, 2.45) is 0 Å². The van der Waals surface area contributed by atoms with E-state index in [0.29, 0.717) is 23.7 Å². The van der Waals surface area contributed by atoms with Crippen LogP contribution in [0.5, 0.6) is 0 Å². The van der Waals surface area contributed by atoms with Crippen LogP contribution in [0.2, 0.25) is 0 Å². The van der Waals surface area contributed by atoms with Crippen LogP contribution in [0, 0.1) is 27.7 Å². The van der Waals surface area contributed by atoms with Crippen molar-refractivity contribution in [3.63, 3.8) is 0 Å². The maximum atomic E-state index is 12.0. The van der Waals surface area contributed by atoms with Crippen molar-refractivity contribution in [3.8, 4) is 0 Å². The van der Waals surface area contributed by atoms with E-state index in [-0.39, 0.29) is 12.1 Å². The summed E-state index contributed by atoms with van der Waals surface area (Å²) in [6.45, 7) is 10.0. The standard InChI is InChI=1S/C14H21N5O2/c1-8-6-10(3)19(17-8)7-9(2)15-14(20)16-13-11(4)18-21-12(13)5/h6,9H,7H2,1-5H3,(H2,15,16,20)/t9-/m0/s1. The second-order valence-electron chi connectivity index (χ2n) is 5.31. The molecule has 0 spiro atoms. The Bertz CT molecular complexity index is 624. The molecule has 2 heterocycles. The molecular weight excluding hydrogens is 270 g/mol. The minimum Gasteiger partial charge on any atom is -0.359 e. The van der Waals surface area contributed by atoms with Crippen molar-refractivity contribution in [2.75, 3.05) is 5.32 Å². The van der Waals surface area contributed by atoms with E-state index in [1.54, 1.807) is 13.8 Å². The number of amides is 2. The number of anilines is 1. The number of hydrogen-bond acceptors (Lipinski definition) is 4. The van der Waals surface area contributed by atoms with Crippen LogP contribution >= 0.6 is 0 Å². The second kappa shape index (κ2) is 5.99. The van der Waals surface area contributed by atoms with Gasteiger partial charge in [0.1, 0.15) is 11.4 Å². The van der Waals surface area contributed by atoms with Gasteiger partial charge in [-0.1, -0.05) is 5.16 Å². The third-order valence-electron chi connectivity index (χ3n) is 3.20. The number of carbonyl (C=O) groups is 1. The molecule has 0 bridgehead atoms. The molecule has 21 heavy (non-hydrogen) atoms. The quantitative estimate of drug-likeness (QED) is 0.905. The van der Waals surface area contributed by atoms with Gasteiger partial charge in [-0.3, -0.25) is 4.68 Å². The van der Waals surface area contributed by atoms with Crippen molar-refractivity contribution in [2.45, 2.75) is 47.2 Å². The van der Waals surface area contributed by atoms with Crippen molar-refractivity contribution in [3.05, 3.63) is 28.9 Å². The number of aryl methyl sites for hydroxylation is 4. The Morgan fingerprint density at radius 1 is 1.38 bits per heavy atom. The number of nitrogens with zero attached hydrogens (tertiary/aromatic N) is 3. The summed E-state index contributed by atoms with van der Waals surface area (Å²) in [5.74, 6) is 0.592. The van der Waals surface area contributed by atoms with Crippen LogP contribution in [0.15, 0.2) is 10.6 Å². The summed E-state index contributed by atoms with van der Waals surface area (Å²) in [4.78, 5) is 12.0. The third-order valence-corrected chi connectivity index (χ3v) is 3.20. The van der Waals surface area contributed by atoms with Crippen LogP contribution in [-0.2, 0) is 6.54 Å². The fourth-order valence-corrected chi connectivity index (χ4v) is 2.20. The van der Waals surface area contributed by atoms with Gasteiger partial charge in [-0.2, -0.15) is 5.10 Å². The van der Waals surface area contributed by atoms with Gasteiger partial charge in [-0.15, -0.1) is 0 Å². The minimum atomic E-state index is -0.279. The predicted molar refractivity (Wildman–Crippen MR) is 79.3 cm³/mol. The lowest BCUT2D eigenvalue weighted by Gasteiger charge is -2.15. The summed E-state index contributed by atoms with van der Waals surface area (Å²) in [7, 11) is 0. The number of hydrogen-bond donors (Lipinski definition) is 2. The molecule has 0 saturated heterocycles. The molecule has 0 aromatic carbocycles. The molecule has 7 nitrogen and oxygen atoms in total. The molecule has 2 aromatic heterocycles. The number of urea groups is 1. The zero-order valence-corrected chi connectivity index (χ0v) is 13.0. The molecule has 0 unspecified atom stereocenters. The van der Waals surface area contributed by atoms with Crippen molar-refractivity contribution >= 4 is 11.7 Å². The number of carbonyl (C=O) groups excluding carboxylic acids is 1. The average molecular weight is 291 g/mol. The van der Waals surface area contributed by atoms with E-state index >= 15 is 0 Å². The molecule has 2 amide bonds. The average Bonchev–Trinajstić information content (AvgIpc) is 2.85. The lowest BCUT2D eigenvalue weighted by Crippen LogP contribution is -2.39. The third kappa shape index (κ3) is 3.62. The van der Waals surface area contributed by atoms with E-state index in [0.717, 1.165) is 11.4 Å². The van der Waals surface area contributed by atoms with Gasteiger partial charge >= 0.3 is 6.03 Å². The lowest BCUT2D eigenvalue weighted by molar-refractivity contribution is 0.247. The highest BCUT2D eigenvalue weighted by Crippen LogP contribution is 2.18. The Hall–Kier alpha value is -2.31. The monoisotopic (exact) mass is 291 g/mol. The van der Waals surface area contributed by atoms with E-state index in [1.807, 2.05) is 31.5 Å². The predicted octanol–water partition coefficient (Wildman–Crippen LogP) is 2.31. The Labute approximate surface area is 123 Å². The fourth-order valence-electron chi connectivity index (χ4n) is 2.20. The van der Waals surface area contributed by atoms with E-state index in [1.165, 1.54) is 0 Å². The Kier molecular flexibility index (Phi) is 4.30. The molecule has 0 radical (unpaired) electrons. The Balaban J connectivity index is 1.92. The molecule has 0 aliphatic rings. The van der Waals surface area contributed by atoms with Gasteiger partial charge in [-0.25, -0.2) is 4.79 Å². The molecule has 114 valence electrons. The smallest absolute Gasteiger partial charge is 0.319 e. The molecule has 0 aliphatic heterocycles. The van der Waals surface area contributed by atoms with E-state index in [9.17, 15) is 4.79 Å². The summed E-state index contributed by atoms with van der Waals surface area (Å²) >= 11 is 0. The Morgan fingerprint density at radius 2 is 2.10 bits per heavy atom. The summed E-state index contributed by atoms with van der Waals surface area (Å²) < 4.78 is 6.89. The van der Waals surface area contributed by atoms with E-state index in [2.05, 4.69) is 20.9 Å². The molecule has 0 saturated carbocycles. The van der Waals surface area contributed by atoms with Gasteiger partial charge in [-0.05, 0) is 40.7 Å². The molecule has 2 aromatic rings. The van der Waals surface area contributed by atoms with Crippen molar-refractivity contribution in [1.29, 1.82) is 0 Å². The van der Waals surface area contributed by atoms with Gasteiger partial charge < -0.3 is 15.2 Å². The SMILES string of the molecule is Cc1cc(C)n(C[C@H](C)NC(=O)Nc2c(C)noc2C)n1. The van der Waals surface area contributed by atoms with E-state index < -0.39 is 0 Å². The summed E-state index contributed by atoms with van der Waals surface area (Å²) in [5.41, 5.74) is 3.33. The zero-order valence-electron chi connectivity index (χ0n) is 13.0. The largest absolute Gasteiger partial charge is 0.359 e. The lowest BCUT2D eigenvalue weighted by atomic mass is 10.3. The summed E-state index contributed by atoms with van der Waals surface area (Å²) in [5, 5.41) is 13.8. The van der Waals surface area contributed by atoms with Crippen LogP contribution in [0.4, 0.5) is 10.5 Å². The van der Waals surface area contributed by atoms with Crippen LogP contribution in [0.1, 0.15) is 29.8 Å². The highest BCUT2D eigenvalue weighted by Gasteiger charge is 2.14. The second-order valence-corrected chi connectivity index (χ2v) is 5.31. The first kappa shape index (κ1) is 15.1. The summed E-state index contributed by atoms with van der Waals surface area (Å²) in [6.07, 6.45) is 0. The van der Waals surface area contributed by atoms with Gasteiger partial charge in [0.15, 0.2) is 5.76 Å². The topological polar surface area (TPSA) is 85.0 Å². The first-order chi connectivity index (χ1) is 9.86. The van der Waals surface area contributed by atoms with Crippen molar-refractivity contribution in [1.82, 2.24) is 20.3 Å². The maximum absolute atomic E-state index is 12.0. The number of aromatic nitrogens is 3. The highest BCUT2D eigenvalue weighted by atomic mass is 16.5. The Morgan fingerprint density at radius 3 is 2.62 bits per heavy atom. The minimum absolute atomic E-state index is 0.0523. The molecule has 0 fully saturated rings. The van der Waals surface area contributed by atoms with E-state index in [4.69, 9.17) is 4.52 Å². The van der Waals surface area contributed by atoms with Crippen molar-refractivity contribution < 1.29 is 9.32 Å². The number of nitrogens with one attached hydrogen (secondary N) is 2. The molecule has 0 aliphatic carbocycles. The first-order valence-electron chi connectivity index (χ1n) is 6.88. The molecule has 2 rings (SSSR count). The first-order valence-corrected chi connectivity index (χ1v) is 6.88. The molecule has 1 atom stereocenters. The van der Waals surface area contributed by atoms with Gasteiger partial charge in [0.25, 0.3) is 0 Å². The summed E-state index contributed by atoms with van der Waals surface area (Å²) in [6, 6.07) is 1.68. The van der Waals surface area contributed by atoms with Crippen LogP contribution in [-0.4, -0.2) is 27.0 Å². The van der Waals surface area contributed by atoms with Gasteiger partial charge in [0.05, 0.1) is 12.2 Å². The molecule has 7 heteroatoms. The van der Waals surface area contributed by atoms with Crippen LogP contribution in [0.25, 0.3) is 0 Å². The van der Waals surface area contributed by atoms with Crippen LogP contribution in [0.3, 0.4) is 0 Å². The van der Waals surface area contributed by atoms with Gasteiger partial charge in [0.2, 0.25) is 0 Å². The van der Waals surface area contributed by atoms with Gasteiger partial charge in [0, 0.05) is 11.7 Å². The molecular formula is C14H21N5O2. The normalized spacial score (nSPS) is 12.2. The molecule has 2 N–H and O–H groups in total. The zero-order chi connectivity index (χ0) is 15.6. The maximum Gasteiger partial charge on any atom is 0.319 e.